The first-order valence-corrected chi connectivity index (χ1v) is 7.20. The summed E-state index contributed by atoms with van der Waals surface area (Å²) in [5.74, 6) is 2.01. The molecule has 0 fully saturated rings. The Morgan fingerprint density at radius 1 is 1.33 bits per heavy atom. The van der Waals surface area contributed by atoms with Crippen LogP contribution in [-0.4, -0.2) is 35.0 Å². The topological polar surface area (TPSA) is 80.1 Å². The van der Waals surface area contributed by atoms with Crippen molar-refractivity contribution in [3.05, 3.63) is 22.2 Å². The summed E-state index contributed by atoms with van der Waals surface area (Å²) in [5.41, 5.74) is 0.0512. The predicted molar refractivity (Wildman–Crippen MR) is 76.5 cm³/mol. The van der Waals surface area contributed by atoms with E-state index in [1.165, 1.54) is 12.1 Å². The molecule has 0 atom stereocenters. The van der Waals surface area contributed by atoms with Crippen molar-refractivity contribution in [3.8, 4) is 0 Å². The van der Waals surface area contributed by atoms with E-state index in [4.69, 9.17) is 0 Å². The molecule has 0 unspecified atom stereocenters. The molecule has 0 bridgehead atoms. The number of hydrogen-bond acceptors (Lipinski definition) is 6. The number of nitrogens with zero attached hydrogens (tertiary/aromatic N) is 2. The van der Waals surface area contributed by atoms with Gasteiger partial charge in [0.25, 0.3) is 5.69 Å². The van der Waals surface area contributed by atoms with Gasteiger partial charge in [-0.2, -0.15) is 11.8 Å². The Morgan fingerprint density at radius 3 is 2.44 bits per heavy atom. The van der Waals surface area contributed by atoms with E-state index in [1.807, 2.05) is 13.2 Å². The van der Waals surface area contributed by atoms with Gasteiger partial charge in [0.05, 0.1) is 17.1 Å². The second-order valence-electron chi connectivity index (χ2n) is 3.70. The normalized spacial score (nSPS) is 10.1. The van der Waals surface area contributed by atoms with E-state index < -0.39 is 4.92 Å². The Hall–Kier alpha value is -1.50. The van der Waals surface area contributed by atoms with E-state index in [-0.39, 0.29) is 5.69 Å². The van der Waals surface area contributed by atoms with Crippen LogP contribution in [-0.2, 0) is 0 Å². The lowest BCUT2D eigenvalue weighted by atomic mass is 10.3. The van der Waals surface area contributed by atoms with Gasteiger partial charge in [0, 0.05) is 18.8 Å². The Morgan fingerprint density at radius 2 is 1.94 bits per heavy atom. The summed E-state index contributed by atoms with van der Waals surface area (Å²) in [6.07, 6.45) is 2.95. The van der Waals surface area contributed by atoms with Gasteiger partial charge in [-0.1, -0.05) is 6.92 Å². The van der Waals surface area contributed by atoms with E-state index in [1.54, 1.807) is 11.8 Å². The maximum absolute atomic E-state index is 10.8. The van der Waals surface area contributed by atoms with Gasteiger partial charge < -0.3 is 10.6 Å². The molecule has 0 amide bonds. The van der Waals surface area contributed by atoms with Crippen LogP contribution in [0.3, 0.4) is 0 Å². The summed E-state index contributed by atoms with van der Waals surface area (Å²) in [6, 6.07) is 2.91. The lowest BCUT2D eigenvalue weighted by Gasteiger charge is -2.08. The third kappa shape index (κ3) is 4.79. The molecular weight excluding hydrogens is 252 g/mol. The predicted octanol–water partition coefficient (Wildman–Crippen LogP) is 2.59. The second-order valence-corrected chi connectivity index (χ2v) is 4.68. The number of rotatable bonds is 8. The number of thioether (sulfide) groups is 1. The summed E-state index contributed by atoms with van der Waals surface area (Å²) < 4.78 is 0. The summed E-state index contributed by atoms with van der Waals surface area (Å²) in [4.78, 5) is 14.7. The molecule has 1 aromatic heterocycles. The van der Waals surface area contributed by atoms with Gasteiger partial charge >= 0.3 is 0 Å². The Kier molecular flexibility index (Phi) is 6.27. The van der Waals surface area contributed by atoms with Crippen LogP contribution in [0, 0.1) is 10.1 Å². The van der Waals surface area contributed by atoms with Crippen LogP contribution in [0.4, 0.5) is 17.3 Å². The third-order valence-electron chi connectivity index (χ3n) is 2.19. The van der Waals surface area contributed by atoms with Gasteiger partial charge in [0.1, 0.15) is 11.6 Å². The van der Waals surface area contributed by atoms with Gasteiger partial charge in [0.2, 0.25) is 0 Å². The fraction of sp³-hybridized carbons (Fsp3) is 0.545. The molecule has 0 aliphatic heterocycles. The summed E-state index contributed by atoms with van der Waals surface area (Å²) >= 11 is 1.71. The zero-order valence-corrected chi connectivity index (χ0v) is 11.4. The number of hydrogen-bond donors (Lipinski definition) is 2. The first kappa shape index (κ1) is 14.6. The number of pyridine rings is 1. The smallest absolute Gasteiger partial charge is 0.276 e. The molecule has 6 nitrogen and oxygen atoms in total. The molecule has 0 aromatic carbocycles. The average Bonchev–Trinajstić information content (AvgIpc) is 2.36. The zero-order valence-electron chi connectivity index (χ0n) is 10.6. The summed E-state index contributed by atoms with van der Waals surface area (Å²) in [5, 5.41) is 17.0. The fourth-order valence-corrected chi connectivity index (χ4v) is 1.64. The molecule has 1 heterocycles. The van der Waals surface area contributed by atoms with E-state index in [2.05, 4.69) is 15.6 Å². The highest BCUT2D eigenvalue weighted by atomic mass is 32.2. The lowest BCUT2D eigenvalue weighted by molar-refractivity contribution is -0.384. The number of nitro groups is 1. The van der Waals surface area contributed by atoms with Crippen LogP contribution >= 0.6 is 11.8 Å². The first-order chi connectivity index (χ1) is 8.67. The minimum atomic E-state index is -0.404. The minimum Gasteiger partial charge on any atom is -0.370 e. The van der Waals surface area contributed by atoms with E-state index in [9.17, 15) is 10.1 Å². The van der Waals surface area contributed by atoms with Crippen molar-refractivity contribution in [2.45, 2.75) is 13.3 Å². The largest absolute Gasteiger partial charge is 0.370 e. The SMILES string of the molecule is CCCNc1cc([N+](=O)[O-])cc(NCCSC)n1. The third-order valence-corrected chi connectivity index (χ3v) is 2.80. The lowest BCUT2D eigenvalue weighted by Crippen LogP contribution is -2.08. The number of aromatic nitrogens is 1. The highest BCUT2D eigenvalue weighted by Crippen LogP contribution is 2.20. The van der Waals surface area contributed by atoms with Gasteiger partial charge in [-0.25, -0.2) is 4.98 Å². The van der Waals surface area contributed by atoms with Crippen molar-refractivity contribution in [2.75, 3.05) is 35.7 Å². The van der Waals surface area contributed by atoms with Crippen molar-refractivity contribution < 1.29 is 4.92 Å². The van der Waals surface area contributed by atoms with Crippen LogP contribution in [0.15, 0.2) is 12.1 Å². The van der Waals surface area contributed by atoms with E-state index >= 15 is 0 Å². The van der Waals surface area contributed by atoms with Gasteiger partial charge in [-0.3, -0.25) is 10.1 Å². The summed E-state index contributed by atoms with van der Waals surface area (Å²) in [6.45, 7) is 3.52. The molecule has 0 saturated carbocycles. The van der Waals surface area contributed by atoms with Gasteiger partial charge in [0.15, 0.2) is 0 Å². The van der Waals surface area contributed by atoms with Gasteiger partial charge in [-0.15, -0.1) is 0 Å². The van der Waals surface area contributed by atoms with E-state index in [0.717, 1.165) is 25.3 Å². The van der Waals surface area contributed by atoms with E-state index in [0.29, 0.717) is 11.6 Å². The molecule has 0 saturated heterocycles. The molecule has 1 aromatic rings. The molecule has 0 radical (unpaired) electrons. The first-order valence-electron chi connectivity index (χ1n) is 5.80. The Bertz CT molecular complexity index is 401. The maximum Gasteiger partial charge on any atom is 0.276 e. The van der Waals surface area contributed by atoms with Crippen LogP contribution < -0.4 is 10.6 Å². The number of nitrogens with one attached hydrogen (secondary N) is 2. The minimum absolute atomic E-state index is 0.0512. The molecule has 7 heteroatoms. The average molecular weight is 270 g/mol. The quantitative estimate of drug-likeness (QED) is 0.429. The number of anilines is 2. The van der Waals surface area contributed by atoms with Crippen LogP contribution in [0.5, 0.6) is 0 Å². The molecule has 2 N–H and O–H groups in total. The molecule has 18 heavy (non-hydrogen) atoms. The Balaban J connectivity index is 2.80. The van der Waals surface area contributed by atoms with Crippen molar-refractivity contribution in [1.82, 2.24) is 4.98 Å². The highest BCUT2D eigenvalue weighted by Gasteiger charge is 2.10. The van der Waals surface area contributed by atoms with Crippen LogP contribution in [0.25, 0.3) is 0 Å². The van der Waals surface area contributed by atoms with Crippen molar-refractivity contribution in [1.29, 1.82) is 0 Å². The molecule has 0 aliphatic rings. The van der Waals surface area contributed by atoms with Crippen molar-refractivity contribution in [2.24, 2.45) is 0 Å². The zero-order chi connectivity index (χ0) is 13.4. The molecule has 0 aliphatic carbocycles. The second kappa shape index (κ2) is 7.75. The molecule has 100 valence electrons. The van der Waals surface area contributed by atoms with Gasteiger partial charge in [-0.05, 0) is 12.7 Å². The van der Waals surface area contributed by atoms with Crippen LogP contribution in [0.1, 0.15) is 13.3 Å². The summed E-state index contributed by atoms with van der Waals surface area (Å²) in [7, 11) is 0. The molecular formula is C11H18N4O2S. The molecule has 0 spiro atoms. The van der Waals surface area contributed by atoms with Crippen LogP contribution in [0.2, 0.25) is 0 Å². The maximum atomic E-state index is 10.8. The highest BCUT2D eigenvalue weighted by molar-refractivity contribution is 7.98. The fourth-order valence-electron chi connectivity index (χ4n) is 1.34. The molecule has 1 rings (SSSR count). The Labute approximate surface area is 111 Å². The van der Waals surface area contributed by atoms with Crippen molar-refractivity contribution in [3.63, 3.8) is 0 Å². The monoisotopic (exact) mass is 270 g/mol. The standard InChI is InChI=1S/C11H18N4O2S/c1-3-4-12-10-7-9(15(16)17)8-11(14-10)13-5-6-18-2/h7-8H,3-6H2,1-2H3,(H2,12,13,14). The van der Waals surface area contributed by atoms with Crippen molar-refractivity contribution >= 4 is 29.1 Å².